The number of nitrogen functional groups attached to an aromatic ring is 1. The first-order valence-corrected chi connectivity index (χ1v) is 6.79. The number of rotatable bonds is 4. The topological polar surface area (TPSA) is 69.4 Å². The van der Waals surface area contributed by atoms with Crippen LogP contribution in [0.15, 0.2) is 54.6 Å². The largest absolute Gasteiger partial charge is 0.398 e. The van der Waals surface area contributed by atoms with Crippen LogP contribution >= 0.6 is 0 Å². The van der Waals surface area contributed by atoms with Gasteiger partial charge in [-0.3, -0.25) is 4.79 Å². The molecule has 1 atom stereocenters. The molecule has 4 heteroatoms. The second kappa shape index (κ2) is 6.70. The van der Waals surface area contributed by atoms with Gasteiger partial charge in [-0.25, -0.2) is 4.79 Å². The molecule has 21 heavy (non-hydrogen) atoms. The molecule has 0 saturated carbocycles. The first kappa shape index (κ1) is 14.8. The van der Waals surface area contributed by atoms with Crippen molar-refractivity contribution in [3.8, 4) is 0 Å². The Morgan fingerprint density at radius 3 is 2.29 bits per heavy atom. The van der Waals surface area contributed by atoms with Crippen molar-refractivity contribution in [2.45, 2.75) is 19.3 Å². The van der Waals surface area contributed by atoms with E-state index >= 15 is 0 Å². The molecule has 2 rings (SSSR count). The Kier molecular flexibility index (Phi) is 4.72. The number of carbonyl (C=O) groups excluding carboxylic acids is 2. The van der Waals surface area contributed by atoms with Gasteiger partial charge in [0.25, 0.3) is 0 Å². The number of anilines is 1. The predicted molar refractivity (Wildman–Crippen MR) is 80.8 cm³/mol. The van der Waals surface area contributed by atoms with E-state index in [0.717, 1.165) is 5.56 Å². The van der Waals surface area contributed by atoms with Crippen LogP contribution in [-0.2, 0) is 9.53 Å². The highest BCUT2D eigenvalue weighted by atomic mass is 16.6. The van der Waals surface area contributed by atoms with Gasteiger partial charge in [-0.15, -0.1) is 0 Å². The highest BCUT2D eigenvalue weighted by Gasteiger charge is 2.24. The van der Waals surface area contributed by atoms with E-state index in [0.29, 0.717) is 12.1 Å². The summed E-state index contributed by atoms with van der Waals surface area (Å²) in [6.45, 7) is 1.88. The zero-order valence-electron chi connectivity index (χ0n) is 11.8. The van der Waals surface area contributed by atoms with E-state index in [9.17, 15) is 9.59 Å². The van der Waals surface area contributed by atoms with Crippen LogP contribution in [0.2, 0.25) is 0 Å². The molecule has 0 aromatic heterocycles. The number of para-hydroxylation sites is 1. The second-order valence-electron chi connectivity index (χ2n) is 4.67. The fraction of sp³-hybridized carbons (Fsp3) is 0.176. The fourth-order valence-electron chi connectivity index (χ4n) is 2.12. The summed E-state index contributed by atoms with van der Waals surface area (Å²) in [5.41, 5.74) is 7.03. The van der Waals surface area contributed by atoms with Crippen molar-refractivity contribution in [1.82, 2.24) is 0 Å². The zero-order chi connectivity index (χ0) is 15.2. The van der Waals surface area contributed by atoms with Gasteiger partial charge in [-0.2, -0.15) is 0 Å². The SMILES string of the molecule is CCC(C(=O)OC(=O)c1ccccc1N)c1ccccc1. The van der Waals surface area contributed by atoms with Crippen molar-refractivity contribution in [2.24, 2.45) is 0 Å². The van der Waals surface area contributed by atoms with E-state index in [1.165, 1.54) is 6.07 Å². The van der Waals surface area contributed by atoms with Crippen molar-refractivity contribution < 1.29 is 14.3 Å². The number of benzene rings is 2. The lowest BCUT2D eigenvalue weighted by atomic mass is 9.97. The Labute approximate surface area is 123 Å². The molecule has 2 N–H and O–H groups in total. The lowest BCUT2D eigenvalue weighted by molar-refractivity contribution is -0.139. The standard InChI is InChI=1S/C17H17NO3/c1-2-13(12-8-4-3-5-9-12)16(19)21-17(20)14-10-6-7-11-15(14)18/h3-11,13H,2,18H2,1H3. The van der Waals surface area contributed by atoms with E-state index in [1.54, 1.807) is 18.2 Å². The van der Waals surface area contributed by atoms with Gasteiger partial charge >= 0.3 is 11.9 Å². The summed E-state index contributed by atoms with van der Waals surface area (Å²) in [4.78, 5) is 24.2. The summed E-state index contributed by atoms with van der Waals surface area (Å²) in [5.74, 6) is -1.73. The van der Waals surface area contributed by atoms with Gasteiger partial charge in [0, 0.05) is 5.69 Å². The lowest BCUT2D eigenvalue weighted by Gasteiger charge is -2.13. The maximum Gasteiger partial charge on any atom is 0.347 e. The molecule has 4 nitrogen and oxygen atoms in total. The van der Waals surface area contributed by atoms with Crippen LogP contribution in [0, 0.1) is 0 Å². The summed E-state index contributed by atoms with van der Waals surface area (Å²) in [5, 5.41) is 0. The fourth-order valence-corrected chi connectivity index (χ4v) is 2.12. The monoisotopic (exact) mass is 283 g/mol. The number of ether oxygens (including phenoxy) is 1. The molecule has 0 aliphatic rings. The van der Waals surface area contributed by atoms with Crippen LogP contribution in [-0.4, -0.2) is 11.9 Å². The van der Waals surface area contributed by atoms with Crippen LogP contribution in [0.4, 0.5) is 5.69 Å². The average molecular weight is 283 g/mol. The second-order valence-corrected chi connectivity index (χ2v) is 4.67. The van der Waals surface area contributed by atoms with Crippen molar-refractivity contribution in [3.05, 3.63) is 65.7 Å². The summed E-state index contributed by atoms with van der Waals surface area (Å²) in [6.07, 6.45) is 0.556. The Balaban J connectivity index is 2.13. The molecular weight excluding hydrogens is 266 g/mol. The quantitative estimate of drug-likeness (QED) is 0.531. The molecule has 0 bridgehead atoms. The Morgan fingerprint density at radius 1 is 1.05 bits per heavy atom. The Bertz CT molecular complexity index is 637. The van der Waals surface area contributed by atoms with Crippen LogP contribution in [0.1, 0.15) is 35.2 Å². The van der Waals surface area contributed by atoms with Crippen molar-refractivity contribution in [1.29, 1.82) is 0 Å². The molecule has 2 aromatic rings. The van der Waals surface area contributed by atoms with E-state index < -0.39 is 17.9 Å². The maximum atomic E-state index is 12.2. The highest BCUT2D eigenvalue weighted by Crippen LogP contribution is 2.22. The predicted octanol–water partition coefficient (Wildman–Crippen LogP) is 3.15. The van der Waals surface area contributed by atoms with E-state index in [1.807, 2.05) is 37.3 Å². The van der Waals surface area contributed by atoms with Crippen LogP contribution in [0.3, 0.4) is 0 Å². The van der Waals surface area contributed by atoms with Gasteiger partial charge in [0.05, 0.1) is 11.5 Å². The summed E-state index contributed by atoms with van der Waals surface area (Å²) < 4.78 is 4.97. The zero-order valence-corrected chi connectivity index (χ0v) is 11.8. The molecule has 0 aliphatic heterocycles. The molecule has 0 aliphatic carbocycles. The summed E-state index contributed by atoms with van der Waals surface area (Å²) in [7, 11) is 0. The summed E-state index contributed by atoms with van der Waals surface area (Å²) in [6, 6.07) is 15.8. The number of hydrogen-bond acceptors (Lipinski definition) is 4. The molecule has 0 saturated heterocycles. The molecule has 108 valence electrons. The van der Waals surface area contributed by atoms with Gasteiger partial charge in [0.1, 0.15) is 0 Å². The molecule has 0 heterocycles. The Hall–Kier alpha value is -2.62. The van der Waals surface area contributed by atoms with Gasteiger partial charge in [0.15, 0.2) is 0 Å². The van der Waals surface area contributed by atoms with E-state index in [-0.39, 0.29) is 5.56 Å². The molecule has 1 unspecified atom stereocenters. The first-order valence-electron chi connectivity index (χ1n) is 6.79. The summed E-state index contributed by atoms with van der Waals surface area (Å²) >= 11 is 0. The van der Waals surface area contributed by atoms with E-state index in [2.05, 4.69) is 0 Å². The number of nitrogens with two attached hydrogens (primary N) is 1. The minimum atomic E-state index is -0.715. The van der Waals surface area contributed by atoms with Crippen LogP contribution < -0.4 is 5.73 Å². The van der Waals surface area contributed by atoms with Crippen molar-refractivity contribution in [2.75, 3.05) is 5.73 Å². The Morgan fingerprint density at radius 2 is 1.67 bits per heavy atom. The van der Waals surface area contributed by atoms with E-state index in [4.69, 9.17) is 10.5 Å². The van der Waals surface area contributed by atoms with Crippen molar-refractivity contribution in [3.63, 3.8) is 0 Å². The third-order valence-electron chi connectivity index (χ3n) is 3.27. The smallest absolute Gasteiger partial charge is 0.347 e. The third-order valence-corrected chi connectivity index (χ3v) is 3.27. The third kappa shape index (κ3) is 3.48. The molecule has 0 spiro atoms. The molecular formula is C17H17NO3. The highest BCUT2D eigenvalue weighted by molar-refractivity contribution is 6.01. The van der Waals surface area contributed by atoms with Crippen molar-refractivity contribution >= 4 is 17.6 Å². The number of hydrogen-bond donors (Lipinski definition) is 1. The maximum absolute atomic E-state index is 12.2. The van der Waals surface area contributed by atoms with Crippen LogP contribution in [0.25, 0.3) is 0 Å². The van der Waals surface area contributed by atoms with Crippen LogP contribution in [0.5, 0.6) is 0 Å². The lowest BCUT2D eigenvalue weighted by Crippen LogP contribution is -2.20. The minimum absolute atomic E-state index is 0.203. The number of esters is 2. The van der Waals surface area contributed by atoms with Gasteiger partial charge in [0.2, 0.25) is 0 Å². The van der Waals surface area contributed by atoms with Gasteiger partial charge < -0.3 is 10.5 Å². The molecule has 0 amide bonds. The molecule has 0 fully saturated rings. The minimum Gasteiger partial charge on any atom is -0.398 e. The first-order chi connectivity index (χ1) is 10.1. The van der Waals surface area contributed by atoms with Gasteiger partial charge in [-0.1, -0.05) is 49.4 Å². The van der Waals surface area contributed by atoms with Gasteiger partial charge in [-0.05, 0) is 24.1 Å². The average Bonchev–Trinajstić information content (AvgIpc) is 2.49. The molecule has 2 aromatic carbocycles. The number of carbonyl (C=O) groups is 2. The normalized spacial score (nSPS) is 11.7. The molecule has 0 radical (unpaired) electrons.